The van der Waals surface area contributed by atoms with E-state index in [2.05, 4.69) is 26.5 Å². The Kier molecular flexibility index (Phi) is 7.02. The minimum absolute atomic E-state index is 0.209. The van der Waals surface area contributed by atoms with Crippen LogP contribution in [0.5, 0.6) is 5.75 Å². The van der Waals surface area contributed by atoms with Gasteiger partial charge in [-0.15, -0.1) is 0 Å². The number of ether oxygens (including phenoxy) is 1. The number of hydrogen-bond donors (Lipinski definition) is 1. The molecule has 0 bridgehead atoms. The molecule has 0 unspecified atom stereocenters. The highest BCUT2D eigenvalue weighted by atomic mass is 79.9. The highest BCUT2D eigenvalue weighted by Gasteiger charge is 2.10. The minimum Gasteiger partial charge on any atom is -0.483 e. The van der Waals surface area contributed by atoms with Gasteiger partial charge in [0, 0.05) is 10.6 Å². The van der Waals surface area contributed by atoms with E-state index < -0.39 is 5.91 Å². The topological polar surface area (TPSA) is 63.8 Å². The van der Waals surface area contributed by atoms with Gasteiger partial charge in [-0.3, -0.25) is 4.79 Å². The lowest BCUT2D eigenvalue weighted by Gasteiger charge is -2.07. The van der Waals surface area contributed by atoms with Crippen molar-refractivity contribution in [3.8, 4) is 17.1 Å². The van der Waals surface area contributed by atoms with Gasteiger partial charge in [0.05, 0.1) is 20.7 Å². The Bertz CT molecular complexity index is 1040. The van der Waals surface area contributed by atoms with Crippen LogP contribution in [0.2, 0.25) is 15.1 Å². The third-order valence-corrected chi connectivity index (χ3v) is 5.15. The molecule has 0 aliphatic carbocycles. The number of hydrogen-bond acceptors (Lipinski definition) is 4. The predicted molar refractivity (Wildman–Crippen MR) is 115 cm³/mol. The zero-order valence-corrected chi connectivity index (χ0v) is 17.9. The quantitative estimate of drug-likeness (QED) is 0.323. The molecule has 0 aliphatic heterocycles. The van der Waals surface area contributed by atoms with Crippen molar-refractivity contribution < 1.29 is 13.9 Å². The molecule has 1 N–H and O–H groups in total. The molecule has 2 aromatic carbocycles. The average molecular weight is 503 g/mol. The first-order chi connectivity index (χ1) is 13.4. The third-order valence-electron chi connectivity index (χ3n) is 3.48. The maximum Gasteiger partial charge on any atom is 0.277 e. The molecular formula is C19H12BrCl3N2O3. The van der Waals surface area contributed by atoms with Gasteiger partial charge < -0.3 is 9.15 Å². The standard InChI is InChI=1S/C19H12BrCl3N2O3/c20-14-8-11(21)4-6-17(14)27-10-18(26)25-24-9-12-5-7-16(28-12)13-2-1-3-15(22)19(13)23/h1-9H,10H2,(H,25,26)/b24-9-. The number of amides is 1. The molecule has 3 aromatic rings. The van der Waals surface area contributed by atoms with Crippen LogP contribution in [-0.2, 0) is 4.79 Å². The van der Waals surface area contributed by atoms with Crippen LogP contribution < -0.4 is 10.2 Å². The Morgan fingerprint density at radius 2 is 2.00 bits per heavy atom. The maximum atomic E-state index is 11.8. The summed E-state index contributed by atoms with van der Waals surface area (Å²) in [7, 11) is 0. The van der Waals surface area contributed by atoms with Gasteiger partial charge in [0.25, 0.3) is 5.91 Å². The fourth-order valence-corrected chi connectivity index (χ4v) is 3.39. The van der Waals surface area contributed by atoms with Crippen molar-refractivity contribution in [2.24, 2.45) is 5.10 Å². The van der Waals surface area contributed by atoms with Crippen LogP contribution >= 0.6 is 50.7 Å². The summed E-state index contributed by atoms with van der Waals surface area (Å²) in [6.07, 6.45) is 1.37. The van der Waals surface area contributed by atoms with Gasteiger partial charge in [-0.05, 0) is 58.4 Å². The lowest BCUT2D eigenvalue weighted by Crippen LogP contribution is -2.24. The number of nitrogens with one attached hydrogen (secondary N) is 1. The van der Waals surface area contributed by atoms with Crippen molar-refractivity contribution in [1.29, 1.82) is 0 Å². The molecule has 5 nitrogen and oxygen atoms in total. The van der Waals surface area contributed by atoms with Gasteiger partial charge in [-0.25, -0.2) is 5.43 Å². The van der Waals surface area contributed by atoms with E-state index >= 15 is 0 Å². The Balaban J connectivity index is 1.55. The van der Waals surface area contributed by atoms with E-state index in [-0.39, 0.29) is 6.61 Å². The van der Waals surface area contributed by atoms with Crippen LogP contribution in [0, 0.1) is 0 Å². The maximum absolute atomic E-state index is 11.8. The van der Waals surface area contributed by atoms with Crippen LogP contribution in [0.3, 0.4) is 0 Å². The monoisotopic (exact) mass is 500 g/mol. The SMILES string of the molecule is O=C(COc1ccc(Cl)cc1Br)N/N=C\c1ccc(-c2cccc(Cl)c2Cl)o1. The third kappa shape index (κ3) is 5.29. The fraction of sp³-hybridized carbons (Fsp3) is 0.0526. The van der Waals surface area contributed by atoms with E-state index in [0.717, 1.165) is 0 Å². The molecule has 9 heteroatoms. The number of furan rings is 1. The summed E-state index contributed by atoms with van der Waals surface area (Å²) in [6.45, 7) is -0.209. The Morgan fingerprint density at radius 1 is 1.18 bits per heavy atom. The van der Waals surface area contributed by atoms with Crippen molar-refractivity contribution in [3.63, 3.8) is 0 Å². The first-order valence-electron chi connectivity index (χ1n) is 7.88. The van der Waals surface area contributed by atoms with Crippen LogP contribution in [-0.4, -0.2) is 18.7 Å². The smallest absolute Gasteiger partial charge is 0.277 e. The molecule has 1 heterocycles. The molecule has 0 saturated carbocycles. The molecule has 0 saturated heterocycles. The number of benzene rings is 2. The van der Waals surface area contributed by atoms with Crippen molar-refractivity contribution in [1.82, 2.24) is 5.43 Å². The fourth-order valence-electron chi connectivity index (χ4n) is 2.20. The van der Waals surface area contributed by atoms with E-state index in [1.807, 2.05) is 0 Å². The highest BCUT2D eigenvalue weighted by Crippen LogP contribution is 2.34. The average Bonchev–Trinajstić information content (AvgIpc) is 3.12. The van der Waals surface area contributed by atoms with Gasteiger partial charge in [0.15, 0.2) is 6.61 Å². The number of carbonyl (C=O) groups is 1. The van der Waals surface area contributed by atoms with Gasteiger partial charge in [0.1, 0.15) is 17.3 Å². The van der Waals surface area contributed by atoms with Crippen LogP contribution in [0.1, 0.15) is 5.76 Å². The van der Waals surface area contributed by atoms with Crippen molar-refractivity contribution >= 4 is 62.9 Å². The summed E-state index contributed by atoms with van der Waals surface area (Å²) >= 11 is 21.4. The molecule has 0 spiro atoms. The lowest BCUT2D eigenvalue weighted by molar-refractivity contribution is -0.123. The largest absolute Gasteiger partial charge is 0.483 e. The second-order valence-electron chi connectivity index (χ2n) is 5.46. The summed E-state index contributed by atoms with van der Waals surface area (Å²) in [5, 5.41) is 5.25. The van der Waals surface area contributed by atoms with E-state index in [1.165, 1.54) is 6.21 Å². The van der Waals surface area contributed by atoms with Crippen LogP contribution in [0.15, 0.2) is 62.5 Å². The number of halogens is 4. The number of hydrazone groups is 1. The number of rotatable bonds is 6. The van der Waals surface area contributed by atoms with Crippen molar-refractivity contribution in [3.05, 3.63) is 73.8 Å². The second-order valence-corrected chi connectivity index (χ2v) is 7.54. The minimum atomic E-state index is -0.428. The molecule has 1 amide bonds. The first kappa shape index (κ1) is 20.7. The normalized spacial score (nSPS) is 11.0. The second kappa shape index (κ2) is 9.47. The predicted octanol–water partition coefficient (Wildman–Crippen LogP) is 6.20. The van der Waals surface area contributed by atoms with E-state index in [1.54, 1.807) is 48.5 Å². The van der Waals surface area contributed by atoms with Gasteiger partial charge in [-0.2, -0.15) is 5.10 Å². The summed E-state index contributed by atoms with van der Waals surface area (Å²) in [5.41, 5.74) is 3.03. The molecule has 144 valence electrons. The first-order valence-corrected chi connectivity index (χ1v) is 9.80. The number of nitrogens with zero attached hydrogens (tertiary/aromatic N) is 1. The lowest BCUT2D eigenvalue weighted by atomic mass is 10.2. The summed E-state index contributed by atoms with van der Waals surface area (Å²) < 4.78 is 11.7. The summed E-state index contributed by atoms with van der Waals surface area (Å²) in [4.78, 5) is 11.8. The van der Waals surface area contributed by atoms with E-state index in [0.29, 0.717) is 42.4 Å². The van der Waals surface area contributed by atoms with E-state index in [9.17, 15) is 4.79 Å². The zero-order valence-electron chi connectivity index (χ0n) is 14.1. The Hall–Kier alpha value is -1.99. The van der Waals surface area contributed by atoms with Crippen LogP contribution in [0.4, 0.5) is 0 Å². The van der Waals surface area contributed by atoms with E-state index in [4.69, 9.17) is 44.0 Å². The van der Waals surface area contributed by atoms with Crippen LogP contribution in [0.25, 0.3) is 11.3 Å². The Morgan fingerprint density at radius 3 is 2.79 bits per heavy atom. The molecular weight excluding hydrogens is 490 g/mol. The van der Waals surface area contributed by atoms with Gasteiger partial charge >= 0.3 is 0 Å². The van der Waals surface area contributed by atoms with Gasteiger partial charge in [-0.1, -0.05) is 40.9 Å². The Labute approximate surface area is 184 Å². The highest BCUT2D eigenvalue weighted by molar-refractivity contribution is 9.10. The molecule has 3 rings (SSSR count). The molecule has 0 fully saturated rings. The van der Waals surface area contributed by atoms with Crippen molar-refractivity contribution in [2.75, 3.05) is 6.61 Å². The van der Waals surface area contributed by atoms with Crippen molar-refractivity contribution in [2.45, 2.75) is 0 Å². The summed E-state index contributed by atoms with van der Waals surface area (Å²) in [5.74, 6) is 1.05. The number of carbonyl (C=O) groups excluding carboxylic acids is 1. The van der Waals surface area contributed by atoms with Gasteiger partial charge in [0.2, 0.25) is 0 Å². The molecule has 0 aliphatic rings. The summed E-state index contributed by atoms with van der Waals surface area (Å²) in [6, 6.07) is 13.7. The molecule has 0 atom stereocenters. The molecule has 1 aromatic heterocycles. The molecule has 0 radical (unpaired) electrons. The molecule has 28 heavy (non-hydrogen) atoms. The zero-order chi connectivity index (χ0) is 20.1.